The standard InChI is InChI=1S/C20H19ClN4O/c1-12-8-9-15(10-13(12)2)23-20-22-14(3)11-18(25-20)19(26)24-17-7-5-4-6-16(17)21/h4-11H,1-3H3,(H,24,26)(H,22,23,25). The third-order valence-electron chi connectivity index (χ3n) is 3.97. The molecule has 5 nitrogen and oxygen atoms in total. The Morgan fingerprint density at radius 1 is 0.962 bits per heavy atom. The fourth-order valence-electron chi connectivity index (χ4n) is 2.44. The smallest absolute Gasteiger partial charge is 0.274 e. The lowest BCUT2D eigenvalue weighted by atomic mass is 10.1. The molecular formula is C20H19ClN4O. The molecule has 0 saturated carbocycles. The molecule has 26 heavy (non-hydrogen) atoms. The summed E-state index contributed by atoms with van der Waals surface area (Å²) < 4.78 is 0. The van der Waals surface area contributed by atoms with Gasteiger partial charge in [0.15, 0.2) is 0 Å². The summed E-state index contributed by atoms with van der Waals surface area (Å²) in [4.78, 5) is 21.2. The number of anilines is 3. The first-order valence-corrected chi connectivity index (χ1v) is 8.56. The number of amides is 1. The van der Waals surface area contributed by atoms with Gasteiger partial charge in [-0.15, -0.1) is 0 Å². The number of halogens is 1. The highest BCUT2D eigenvalue weighted by atomic mass is 35.5. The minimum Gasteiger partial charge on any atom is -0.324 e. The van der Waals surface area contributed by atoms with E-state index >= 15 is 0 Å². The van der Waals surface area contributed by atoms with Crippen molar-refractivity contribution in [2.45, 2.75) is 20.8 Å². The van der Waals surface area contributed by atoms with Crippen molar-refractivity contribution in [3.05, 3.63) is 76.1 Å². The summed E-state index contributed by atoms with van der Waals surface area (Å²) >= 11 is 6.09. The second kappa shape index (κ2) is 7.54. The molecule has 0 aliphatic rings. The highest BCUT2D eigenvalue weighted by molar-refractivity contribution is 6.33. The number of para-hydroxylation sites is 1. The lowest BCUT2D eigenvalue weighted by Crippen LogP contribution is -2.15. The SMILES string of the molecule is Cc1cc(C(=O)Nc2ccccc2Cl)nc(Nc2ccc(C)c(C)c2)n1. The Kier molecular flexibility index (Phi) is 5.19. The van der Waals surface area contributed by atoms with Crippen LogP contribution in [0.5, 0.6) is 0 Å². The van der Waals surface area contributed by atoms with Crippen molar-refractivity contribution in [2.75, 3.05) is 10.6 Å². The maximum absolute atomic E-state index is 12.5. The molecule has 0 fully saturated rings. The Morgan fingerprint density at radius 2 is 1.73 bits per heavy atom. The van der Waals surface area contributed by atoms with E-state index in [1.165, 1.54) is 11.1 Å². The molecule has 0 saturated heterocycles. The van der Waals surface area contributed by atoms with E-state index in [1.54, 1.807) is 30.3 Å². The van der Waals surface area contributed by atoms with Crippen molar-refractivity contribution in [3.8, 4) is 0 Å². The van der Waals surface area contributed by atoms with Gasteiger partial charge in [0.25, 0.3) is 5.91 Å². The summed E-state index contributed by atoms with van der Waals surface area (Å²) in [5.74, 6) is 0.0318. The predicted octanol–water partition coefficient (Wildman–Crippen LogP) is 5.05. The first-order valence-electron chi connectivity index (χ1n) is 8.18. The number of aromatic nitrogens is 2. The molecule has 0 aliphatic carbocycles. The van der Waals surface area contributed by atoms with Gasteiger partial charge in [-0.1, -0.05) is 29.8 Å². The lowest BCUT2D eigenvalue weighted by molar-refractivity contribution is 0.102. The van der Waals surface area contributed by atoms with Crippen molar-refractivity contribution in [1.82, 2.24) is 9.97 Å². The molecule has 3 aromatic rings. The Hall–Kier alpha value is -2.92. The summed E-state index contributed by atoms with van der Waals surface area (Å²) in [6.45, 7) is 5.92. The average Bonchev–Trinajstić information content (AvgIpc) is 2.59. The summed E-state index contributed by atoms with van der Waals surface area (Å²) in [7, 11) is 0. The van der Waals surface area contributed by atoms with Gasteiger partial charge in [-0.2, -0.15) is 0 Å². The van der Waals surface area contributed by atoms with Crippen LogP contribution >= 0.6 is 11.6 Å². The van der Waals surface area contributed by atoms with E-state index in [-0.39, 0.29) is 11.6 Å². The van der Waals surface area contributed by atoms with Crippen LogP contribution in [0.4, 0.5) is 17.3 Å². The van der Waals surface area contributed by atoms with Crippen LogP contribution in [0.15, 0.2) is 48.5 Å². The maximum Gasteiger partial charge on any atom is 0.274 e. The van der Waals surface area contributed by atoms with Gasteiger partial charge in [-0.25, -0.2) is 9.97 Å². The Labute approximate surface area is 157 Å². The fraction of sp³-hybridized carbons (Fsp3) is 0.150. The molecule has 2 N–H and O–H groups in total. The molecule has 2 aromatic carbocycles. The quantitative estimate of drug-likeness (QED) is 0.678. The summed E-state index contributed by atoms with van der Waals surface area (Å²) in [5, 5.41) is 6.40. The molecule has 1 heterocycles. The van der Waals surface area contributed by atoms with E-state index in [9.17, 15) is 4.79 Å². The van der Waals surface area contributed by atoms with E-state index in [0.29, 0.717) is 22.4 Å². The summed E-state index contributed by atoms with van der Waals surface area (Å²) in [6, 6.07) is 14.7. The maximum atomic E-state index is 12.5. The normalized spacial score (nSPS) is 10.5. The Balaban J connectivity index is 1.84. The van der Waals surface area contributed by atoms with Crippen LogP contribution in [0, 0.1) is 20.8 Å². The van der Waals surface area contributed by atoms with Crippen LogP contribution in [0.2, 0.25) is 5.02 Å². The van der Waals surface area contributed by atoms with E-state index in [2.05, 4.69) is 27.5 Å². The minimum absolute atomic E-state index is 0.267. The second-order valence-electron chi connectivity index (χ2n) is 6.08. The monoisotopic (exact) mass is 366 g/mol. The molecule has 1 aromatic heterocycles. The predicted molar refractivity (Wildman–Crippen MR) is 105 cm³/mol. The number of carbonyl (C=O) groups is 1. The first kappa shape index (κ1) is 17.9. The van der Waals surface area contributed by atoms with Crippen molar-refractivity contribution in [2.24, 2.45) is 0 Å². The zero-order valence-corrected chi connectivity index (χ0v) is 15.6. The zero-order chi connectivity index (χ0) is 18.7. The van der Waals surface area contributed by atoms with E-state index in [0.717, 1.165) is 5.69 Å². The molecule has 1 amide bonds. The van der Waals surface area contributed by atoms with Crippen LogP contribution in [0.3, 0.4) is 0 Å². The van der Waals surface area contributed by atoms with Gasteiger partial charge in [-0.3, -0.25) is 4.79 Å². The third-order valence-corrected chi connectivity index (χ3v) is 4.30. The molecule has 0 aliphatic heterocycles. The van der Waals surface area contributed by atoms with E-state index in [4.69, 9.17) is 11.6 Å². The van der Waals surface area contributed by atoms with Crippen molar-refractivity contribution >= 4 is 34.8 Å². The topological polar surface area (TPSA) is 66.9 Å². The first-order chi connectivity index (χ1) is 12.4. The van der Waals surface area contributed by atoms with Crippen molar-refractivity contribution in [3.63, 3.8) is 0 Å². The summed E-state index contributed by atoms with van der Waals surface area (Å²) in [6.07, 6.45) is 0. The summed E-state index contributed by atoms with van der Waals surface area (Å²) in [5.41, 5.74) is 4.74. The molecule has 3 rings (SSSR count). The molecule has 0 bridgehead atoms. The average molecular weight is 367 g/mol. The molecule has 0 radical (unpaired) electrons. The number of hydrogen-bond acceptors (Lipinski definition) is 4. The second-order valence-corrected chi connectivity index (χ2v) is 6.48. The molecule has 132 valence electrons. The number of nitrogens with one attached hydrogen (secondary N) is 2. The van der Waals surface area contributed by atoms with Crippen molar-refractivity contribution < 1.29 is 4.79 Å². The van der Waals surface area contributed by atoms with E-state index < -0.39 is 0 Å². The van der Waals surface area contributed by atoms with Gasteiger partial charge in [0.1, 0.15) is 5.69 Å². The van der Waals surface area contributed by atoms with Gasteiger partial charge >= 0.3 is 0 Å². The van der Waals surface area contributed by atoms with Crippen LogP contribution in [-0.2, 0) is 0 Å². The highest BCUT2D eigenvalue weighted by Gasteiger charge is 2.12. The number of aryl methyl sites for hydroxylation is 3. The van der Waals surface area contributed by atoms with Crippen LogP contribution in [0.1, 0.15) is 27.3 Å². The number of carbonyl (C=O) groups excluding carboxylic acids is 1. The minimum atomic E-state index is -0.341. The molecule has 6 heteroatoms. The third kappa shape index (κ3) is 4.18. The van der Waals surface area contributed by atoms with Gasteiger partial charge in [0, 0.05) is 11.4 Å². The fourth-order valence-corrected chi connectivity index (χ4v) is 2.62. The zero-order valence-electron chi connectivity index (χ0n) is 14.8. The van der Waals surface area contributed by atoms with Crippen molar-refractivity contribution in [1.29, 1.82) is 0 Å². The molecular weight excluding hydrogens is 348 g/mol. The van der Waals surface area contributed by atoms with Crippen LogP contribution < -0.4 is 10.6 Å². The molecule has 0 spiro atoms. The number of rotatable bonds is 4. The largest absolute Gasteiger partial charge is 0.324 e. The Bertz CT molecular complexity index is 972. The Morgan fingerprint density at radius 3 is 2.46 bits per heavy atom. The van der Waals surface area contributed by atoms with Gasteiger partial charge in [-0.05, 0) is 62.2 Å². The van der Waals surface area contributed by atoms with E-state index in [1.807, 2.05) is 32.0 Å². The highest BCUT2D eigenvalue weighted by Crippen LogP contribution is 2.22. The molecule has 0 atom stereocenters. The van der Waals surface area contributed by atoms with Gasteiger partial charge < -0.3 is 10.6 Å². The number of benzene rings is 2. The van der Waals surface area contributed by atoms with Crippen LogP contribution in [-0.4, -0.2) is 15.9 Å². The van der Waals surface area contributed by atoms with Crippen LogP contribution in [0.25, 0.3) is 0 Å². The van der Waals surface area contributed by atoms with Gasteiger partial charge in [0.05, 0.1) is 10.7 Å². The number of nitrogens with zero attached hydrogens (tertiary/aromatic N) is 2. The van der Waals surface area contributed by atoms with Gasteiger partial charge in [0.2, 0.25) is 5.95 Å². The lowest BCUT2D eigenvalue weighted by Gasteiger charge is -2.10. The number of hydrogen-bond donors (Lipinski definition) is 2. The molecule has 0 unspecified atom stereocenters.